The fourth-order valence-corrected chi connectivity index (χ4v) is 0.690. The molecule has 1 aliphatic rings. The Morgan fingerprint density at radius 1 is 1.40 bits per heavy atom. The average Bonchev–Trinajstić information content (AvgIpc) is 2.40. The highest BCUT2D eigenvalue weighted by atomic mass is 35.7. The Labute approximate surface area is 66.3 Å². The molecule has 0 heterocycles. The number of rotatable bonds is 2. The molecule has 0 aromatic heterocycles. The van der Waals surface area contributed by atoms with Crippen LogP contribution in [-0.2, 0) is 9.05 Å². The minimum atomic E-state index is -3.32. The smallest absolute Gasteiger partial charge is 0.212 e. The van der Waals surface area contributed by atoms with Crippen molar-refractivity contribution in [1.29, 1.82) is 0 Å². The second-order valence-corrected chi connectivity index (χ2v) is 4.88. The van der Waals surface area contributed by atoms with Gasteiger partial charge in [0.25, 0.3) is 0 Å². The number of halogens is 1. The van der Waals surface area contributed by atoms with Crippen LogP contribution in [0.4, 0.5) is 0 Å². The molecule has 0 spiro atoms. The third-order valence-corrected chi connectivity index (χ3v) is 1.68. The van der Waals surface area contributed by atoms with Gasteiger partial charge in [-0.2, -0.15) is 0 Å². The highest BCUT2D eigenvalue weighted by Gasteiger charge is 1.97. The molecule has 1 fully saturated rings. The van der Waals surface area contributed by atoms with Gasteiger partial charge in [-0.3, -0.25) is 0 Å². The van der Waals surface area contributed by atoms with E-state index in [1.165, 1.54) is 25.3 Å². The van der Waals surface area contributed by atoms with Crippen molar-refractivity contribution in [1.82, 2.24) is 0 Å². The first kappa shape index (κ1) is 9.98. The lowest BCUT2D eigenvalue weighted by atomic mass is 10.8. The molecule has 0 aromatic carbocycles. The van der Waals surface area contributed by atoms with E-state index >= 15 is 0 Å². The van der Waals surface area contributed by atoms with Crippen LogP contribution in [0.5, 0.6) is 0 Å². The first-order valence-corrected chi connectivity index (χ1v) is 5.57. The molecule has 0 saturated heterocycles. The molecule has 1 rings (SSSR count). The highest BCUT2D eigenvalue weighted by Crippen LogP contribution is 2.14. The maximum absolute atomic E-state index is 9.93. The van der Waals surface area contributed by atoms with Crippen molar-refractivity contribution in [2.24, 2.45) is 0 Å². The van der Waals surface area contributed by atoms with E-state index in [1.807, 2.05) is 0 Å². The standard InChI is InChI=1S/C3H5ClO2S.C3H6/c1-2-3-7(4,5)6;1-2-3-1/h2H,1,3H2;1-3H2. The highest BCUT2D eigenvalue weighted by molar-refractivity contribution is 8.13. The molecule has 0 aliphatic heterocycles. The SMILES string of the molecule is C1CC1.C=CCS(=O)(=O)Cl. The Balaban J connectivity index is 0.000000219. The van der Waals surface area contributed by atoms with Crippen molar-refractivity contribution in [3.63, 3.8) is 0 Å². The molecule has 2 nitrogen and oxygen atoms in total. The summed E-state index contributed by atoms with van der Waals surface area (Å²) >= 11 is 0. The van der Waals surface area contributed by atoms with Crippen LogP contribution in [0.25, 0.3) is 0 Å². The third-order valence-electron chi connectivity index (χ3n) is 0.670. The van der Waals surface area contributed by atoms with Gasteiger partial charge in [-0.15, -0.1) is 6.58 Å². The molecule has 1 aliphatic carbocycles. The van der Waals surface area contributed by atoms with E-state index in [0.29, 0.717) is 0 Å². The molecule has 0 radical (unpaired) electrons. The molecule has 4 heteroatoms. The van der Waals surface area contributed by atoms with Gasteiger partial charge in [0.2, 0.25) is 9.05 Å². The molecule has 0 aromatic rings. The van der Waals surface area contributed by atoms with Crippen LogP contribution in [0.2, 0.25) is 0 Å². The first-order chi connectivity index (χ1) is 4.56. The predicted molar refractivity (Wildman–Crippen MR) is 43.7 cm³/mol. The van der Waals surface area contributed by atoms with E-state index in [-0.39, 0.29) is 5.75 Å². The molecule has 0 atom stereocenters. The van der Waals surface area contributed by atoms with Crippen LogP contribution in [0, 0.1) is 0 Å². The summed E-state index contributed by atoms with van der Waals surface area (Å²) in [5.41, 5.74) is 0. The van der Waals surface area contributed by atoms with Crippen molar-refractivity contribution >= 4 is 19.7 Å². The van der Waals surface area contributed by atoms with Crippen molar-refractivity contribution in [3.05, 3.63) is 12.7 Å². The van der Waals surface area contributed by atoms with E-state index in [4.69, 9.17) is 10.7 Å². The van der Waals surface area contributed by atoms with Crippen LogP contribution < -0.4 is 0 Å². The molecule has 0 bridgehead atoms. The lowest BCUT2D eigenvalue weighted by molar-refractivity contribution is 0.612. The van der Waals surface area contributed by atoms with Crippen molar-refractivity contribution in [3.8, 4) is 0 Å². The van der Waals surface area contributed by atoms with Gasteiger partial charge in [0, 0.05) is 10.7 Å². The van der Waals surface area contributed by atoms with Crippen LogP contribution >= 0.6 is 10.7 Å². The molecule has 1 saturated carbocycles. The molecule has 0 N–H and O–H groups in total. The molecular formula is C6H11ClO2S. The zero-order valence-corrected chi connectivity index (χ0v) is 7.29. The van der Waals surface area contributed by atoms with Crippen molar-refractivity contribution in [2.75, 3.05) is 5.75 Å². The van der Waals surface area contributed by atoms with E-state index in [9.17, 15) is 8.42 Å². The second kappa shape index (κ2) is 4.74. The second-order valence-electron chi connectivity index (χ2n) is 2.05. The summed E-state index contributed by atoms with van der Waals surface area (Å²) in [4.78, 5) is 0. The normalized spacial score (nSPS) is 14.9. The minimum absolute atomic E-state index is 0.158. The lowest BCUT2D eigenvalue weighted by Gasteiger charge is -1.79. The summed E-state index contributed by atoms with van der Waals surface area (Å²) in [5, 5.41) is 0. The number of hydrogen-bond acceptors (Lipinski definition) is 2. The fraction of sp³-hybridized carbons (Fsp3) is 0.667. The van der Waals surface area contributed by atoms with E-state index in [0.717, 1.165) is 0 Å². The van der Waals surface area contributed by atoms with Gasteiger partial charge in [0.15, 0.2) is 0 Å². The zero-order chi connectivity index (χ0) is 8.04. The van der Waals surface area contributed by atoms with Crippen LogP contribution in [0.15, 0.2) is 12.7 Å². The molecule has 0 amide bonds. The topological polar surface area (TPSA) is 34.1 Å². The van der Waals surface area contributed by atoms with Gasteiger partial charge < -0.3 is 0 Å². The summed E-state index contributed by atoms with van der Waals surface area (Å²) in [5.74, 6) is -0.158. The van der Waals surface area contributed by atoms with Crippen molar-refractivity contribution in [2.45, 2.75) is 19.3 Å². The van der Waals surface area contributed by atoms with Gasteiger partial charge in [-0.05, 0) is 0 Å². The lowest BCUT2D eigenvalue weighted by Crippen LogP contribution is -1.90. The van der Waals surface area contributed by atoms with Gasteiger partial charge in [-0.1, -0.05) is 25.3 Å². The Kier molecular flexibility index (Phi) is 4.73. The fourth-order valence-electron chi connectivity index (χ4n) is 0.141. The Morgan fingerprint density at radius 3 is 1.80 bits per heavy atom. The minimum Gasteiger partial charge on any atom is -0.212 e. The summed E-state index contributed by atoms with van der Waals surface area (Å²) in [6.07, 6.45) is 5.74. The van der Waals surface area contributed by atoms with Crippen molar-refractivity contribution < 1.29 is 8.42 Å². The Bertz CT molecular complexity index is 179. The molecule has 0 unspecified atom stereocenters. The van der Waals surface area contributed by atoms with Crippen LogP contribution in [-0.4, -0.2) is 14.2 Å². The Morgan fingerprint density at radius 2 is 1.80 bits per heavy atom. The maximum atomic E-state index is 9.93. The summed E-state index contributed by atoms with van der Waals surface area (Å²) in [7, 11) is 1.41. The van der Waals surface area contributed by atoms with E-state index in [1.54, 1.807) is 0 Å². The zero-order valence-electron chi connectivity index (χ0n) is 5.72. The monoisotopic (exact) mass is 182 g/mol. The van der Waals surface area contributed by atoms with Gasteiger partial charge in [0.1, 0.15) is 0 Å². The quantitative estimate of drug-likeness (QED) is 0.483. The molecule has 10 heavy (non-hydrogen) atoms. The van der Waals surface area contributed by atoms with Gasteiger partial charge in [0.05, 0.1) is 5.75 Å². The molecule has 60 valence electrons. The average molecular weight is 183 g/mol. The third kappa shape index (κ3) is 15.7. The summed E-state index contributed by atoms with van der Waals surface area (Å²) in [6.45, 7) is 3.18. The maximum Gasteiger partial charge on any atom is 0.236 e. The summed E-state index contributed by atoms with van der Waals surface area (Å²) < 4.78 is 19.9. The van der Waals surface area contributed by atoms with Crippen LogP contribution in [0.3, 0.4) is 0 Å². The largest absolute Gasteiger partial charge is 0.236 e. The van der Waals surface area contributed by atoms with E-state index < -0.39 is 9.05 Å². The van der Waals surface area contributed by atoms with Gasteiger partial charge in [-0.25, -0.2) is 8.42 Å². The van der Waals surface area contributed by atoms with E-state index in [2.05, 4.69) is 6.58 Å². The first-order valence-electron chi connectivity index (χ1n) is 3.09. The van der Waals surface area contributed by atoms with Gasteiger partial charge >= 0.3 is 0 Å². The predicted octanol–water partition coefficient (Wildman–Crippen LogP) is 1.91. The molecular weight excluding hydrogens is 172 g/mol. The summed E-state index contributed by atoms with van der Waals surface area (Å²) in [6, 6.07) is 0. The number of hydrogen-bond donors (Lipinski definition) is 0. The van der Waals surface area contributed by atoms with Crippen LogP contribution in [0.1, 0.15) is 19.3 Å². The Hall–Kier alpha value is -0.0200.